The minimum atomic E-state index is 0.560. The Morgan fingerprint density at radius 2 is 1.48 bits per heavy atom. The average molecular weight is 449 g/mol. The molecule has 5 heteroatoms. The minimum absolute atomic E-state index is 0.560. The predicted octanol–water partition coefficient (Wildman–Crippen LogP) is 8.13. The van der Waals surface area contributed by atoms with Crippen molar-refractivity contribution in [3.8, 4) is 22.7 Å². The summed E-state index contributed by atoms with van der Waals surface area (Å²) in [6, 6.07) is 29.6. The summed E-state index contributed by atoms with van der Waals surface area (Å²) in [4.78, 5) is 4.54. The lowest BCUT2D eigenvalue weighted by atomic mass is 10.0. The zero-order valence-electron chi connectivity index (χ0n) is 17.4. The van der Waals surface area contributed by atoms with Crippen LogP contribution < -0.4 is 0 Å². The first-order chi connectivity index (χ1) is 16.2. The average Bonchev–Trinajstić information content (AvgIpc) is 3.48. The van der Waals surface area contributed by atoms with Crippen LogP contribution in [0.3, 0.4) is 0 Å². The molecule has 6 rings (SSSR count). The zero-order valence-corrected chi connectivity index (χ0v) is 18.2. The number of fused-ring (bicyclic) bond motifs is 2. The maximum atomic E-state index is 6.55. The standard InChI is InChI=1S/C28H17ClN2O2/c29-23-17-21(28-30-24-6-2-4-8-26(24)32-28)16-15-19(23)12-9-18-10-13-20(14-11-18)27-22-5-1-3-7-25(22)33-31-27/h1-17H. The van der Waals surface area contributed by atoms with Crippen LogP contribution in [0.5, 0.6) is 0 Å². The topological polar surface area (TPSA) is 52.1 Å². The highest BCUT2D eigenvalue weighted by molar-refractivity contribution is 6.32. The minimum Gasteiger partial charge on any atom is -0.436 e. The summed E-state index contributed by atoms with van der Waals surface area (Å²) < 4.78 is 11.3. The van der Waals surface area contributed by atoms with E-state index in [0.717, 1.165) is 50.0 Å². The Balaban J connectivity index is 1.23. The van der Waals surface area contributed by atoms with Crippen molar-refractivity contribution in [2.24, 2.45) is 0 Å². The van der Waals surface area contributed by atoms with Crippen molar-refractivity contribution >= 4 is 45.8 Å². The molecular weight excluding hydrogens is 432 g/mol. The smallest absolute Gasteiger partial charge is 0.227 e. The first-order valence-corrected chi connectivity index (χ1v) is 10.9. The fourth-order valence-corrected chi connectivity index (χ4v) is 4.07. The largest absolute Gasteiger partial charge is 0.436 e. The van der Waals surface area contributed by atoms with Gasteiger partial charge in [-0.2, -0.15) is 0 Å². The lowest BCUT2D eigenvalue weighted by molar-refractivity contribution is 0.459. The van der Waals surface area contributed by atoms with Gasteiger partial charge in [-0.05, 0) is 47.5 Å². The Morgan fingerprint density at radius 1 is 0.727 bits per heavy atom. The van der Waals surface area contributed by atoms with Crippen LogP contribution in [0.15, 0.2) is 99.9 Å². The Hall–Kier alpha value is -4.15. The lowest BCUT2D eigenvalue weighted by Crippen LogP contribution is -1.82. The second kappa shape index (κ2) is 8.08. The highest BCUT2D eigenvalue weighted by Gasteiger charge is 2.10. The van der Waals surface area contributed by atoms with Gasteiger partial charge in [-0.25, -0.2) is 4.98 Å². The molecule has 0 saturated carbocycles. The molecule has 0 radical (unpaired) electrons. The van der Waals surface area contributed by atoms with E-state index in [1.54, 1.807) is 0 Å². The lowest BCUT2D eigenvalue weighted by Gasteiger charge is -2.02. The Kier molecular flexibility index (Phi) is 4.78. The number of nitrogens with zero attached hydrogens (tertiary/aromatic N) is 2. The highest BCUT2D eigenvalue weighted by atomic mass is 35.5. The van der Waals surface area contributed by atoms with Gasteiger partial charge in [0.25, 0.3) is 0 Å². The summed E-state index contributed by atoms with van der Waals surface area (Å²) in [5.41, 5.74) is 7.06. The summed E-state index contributed by atoms with van der Waals surface area (Å²) >= 11 is 6.55. The molecule has 0 aliphatic carbocycles. The van der Waals surface area contributed by atoms with Gasteiger partial charge >= 0.3 is 0 Å². The van der Waals surface area contributed by atoms with E-state index < -0.39 is 0 Å². The molecule has 0 saturated heterocycles. The van der Waals surface area contributed by atoms with Crippen molar-refractivity contribution in [2.75, 3.05) is 0 Å². The number of oxazole rings is 1. The summed E-state index contributed by atoms with van der Waals surface area (Å²) in [6.45, 7) is 0. The fourth-order valence-electron chi connectivity index (χ4n) is 3.82. The SMILES string of the molecule is Clc1cc(-c2nc3ccccc3o2)ccc1C=Cc1ccc(-c2noc3ccccc23)cc1. The van der Waals surface area contributed by atoms with Gasteiger partial charge in [0.15, 0.2) is 11.2 Å². The predicted molar refractivity (Wildman–Crippen MR) is 133 cm³/mol. The summed E-state index contributed by atoms with van der Waals surface area (Å²) in [5, 5.41) is 5.87. The molecule has 6 aromatic rings. The number of rotatable bonds is 4. The van der Waals surface area contributed by atoms with Crippen LogP contribution in [-0.4, -0.2) is 10.1 Å². The van der Waals surface area contributed by atoms with Crippen LogP contribution in [0, 0.1) is 0 Å². The van der Waals surface area contributed by atoms with E-state index in [-0.39, 0.29) is 0 Å². The number of hydrogen-bond acceptors (Lipinski definition) is 4. The number of benzene rings is 4. The van der Waals surface area contributed by atoms with Crippen molar-refractivity contribution in [3.05, 3.63) is 107 Å². The third-order valence-corrected chi connectivity index (χ3v) is 5.89. The van der Waals surface area contributed by atoms with Crippen molar-refractivity contribution in [1.82, 2.24) is 10.1 Å². The van der Waals surface area contributed by atoms with Gasteiger partial charge < -0.3 is 8.94 Å². The molecule has 0 unspecified atom stereocenters. The molecule has 0 fully saturated rings. The molecule has 0 N–H and O–H groups in total. The van der Waals surface area contributed by atoms with E-state index >= 15 is 0 Å². The number of halogens is 1. The Morgan fingerprint density at radius 3 is 2.30 bits per heavy atom. The quantitative estimate of drug-likeness (QED) is 0.255. The van der Waals surface area contributed by atoms with Crippen LogP contribution in [0.1, 0.15) is 11.1 Å². The summed E-state index contributed by atoms with van der Waals surface area (Å²) in [5.74, 6) is 0.560. The molecule has 0 aliphatic heterocycles. The van der Waals surface area contributed by atoms with Crippen molar-refractivity contribution in [1.29, 1.82) is 0 Å². The van der Waals surface area contributed by atoms with Crippen LogP contribution in [0.2, 0.25) is 5.02 Å². The highest BCUT2D eigenvalue weighted by Crippen LogP contribution is 2.30. The van der Waals surface area contributed by atoms with Crippen LogP contribution in [0.25, 0.3) is 56.9 Å². The van der Waals surface area contributed by atoms with Gasteiger partial charge in [-0.3, -0.25) is 0 Å². The second-order valence-corrected chi connectivity index (χ2v) is 8.11. The van der Waals surface area contributed by atoms with Gasteiger partial charge in [0.05, 0.1) is 0 Å². The van der Waals surface area contributed by atoms with E-state index in [1.807, 2.05) is 91.0 Å². The number of para-hydroxylation sites is 3. The normalized spacial score (nSPS) is 11.7. The van der Waals surface area contributed by atoms with Gasteiger partial charge in [-0.15, -0.1) is 0 Å². The third-order valence-electron chi connectivity index (χ3n) is 5.56. The molecule has 0 amide bonds. The number of aromatic nitrogens is 2. The van der Waals surface area contributed by atoms with Gasteiger partial charge in [0, 0.05) is 21.5 Å². The molecule has 4 aromatic carbocycles. The maximum absolute atomic E-state index is 6.55. The molecular formula is C28H17ClN2O2. The van der Waals surface area contributed by atoms with E-state index in [2.05, 4.69) is 22.3 Å². The van der Waals surface area contributed by atoms with E-state index in [0.29, 0.717) is 10.9 Å². The molecule has 0 spiro atoms. The van der Waals surface area contributed by atoms with Crippen molar-refractivity contribution in [3.63, 3.8) is 0 Å². The van der Waals surface area contributed by atoms with E-state index in [9.17, 15) is 0 Å². The Labute approximate surface area is 194 Å². The maximum Gasteiger partial charge on any atom is 0.227 e. The first kappa shape index (κ1) is 19.5. The van der Waals surface area contributed by atoms with E-state index in [1.165, 1.54) is 0 Å². The van der Waals surface area contributed by atoms with Crippen LogP contribution in [-0.2, 0) is 0 Å². The molecule has 2 heterocycles. The zero-order chi connectivity index (χ0) is 22.2. The summed E-state index contributed by atoms with van der Waals surface area (Å²) in [6.07, 6.45) is 4.03. The van der Waals surface area contributed by atoms with Crippen molar-refractivity contribution < 1.29 is 8.94 Å². The van der Waals surface area contributed by atoms with Crippen LogP contribution >= 0.6 is 11.6 Å². The molecule has 0 aliphatic rings. The fraction of sp³-hybridized carbons (Fsp3) is 0. The molecule has 33 heavy (non-hydrogen) atoms. The summed E-state index contributed by atoms with van der Waals surface area (Å²) in [7, 11) is 0. The second-order valence-electron chi connectivity index (χ2n) is 7.71. The Bertz CT molecular complexity index is 1590. The van der Waals surface area contributed by atoms with E-state index in [4.69, 9.17) is 20.5 Å². The van der Waals surface area contributed by atoms with Gasteiger partial charge in [0.2, 0.25) is 5.89 Å². The molecule has 4 nitrogen and oxygen atoms in total. The number of hydrogen-bond donors (Lipinski definition) is 0. The van der Waals surface area contributed by atoms with Gasteiger partial charge in [-0.1, -0.05) is 83.5 Å². The monoisotopic (exact) mass is 448 g/mol. The van der Waals surface area contributed by atoms with Crippen LogP contribution in [0.4, 0.5) is 0 Å². The van der Waals surface area contributed by atoms with Gasteiger partial charge in [0.1, 0.15) is 11.2 Å². The molecule has 158 valence electrons. The molecule has 0 bridgehead atoms. The van der Waals surface area contributed by atoms with Crippen molar-refractivity contribution in [2.45, 2.75) is 0 Å². The first-order valence-electron chi connectivity index (χ1n) is 10.5. The molecule has 0 atom stereocenters. The molecule has 2 aromatic heterocycles. The third kappa shape index (κ3) is 3.71.